The van der Waals surface area contributed by atoms with E-state index in [0.29, 0.717) is 12.3 Å². The number of urea groups is 1. The molecule has 0 aliphatic carbocycles. The molecule has 1 aromatic rings. The molecule has 18 heavy (non-hydrogen) atoms. The van der Waals surface area contributed by atoms with Gasteiger partial charge in [-0.1, -0.05) is 22.0 Å². The van der Waals surface area contributed by atoms with Gasteiger partial charge in [-0.25, -0.2) is 4.79 Å². The highest BCUT2D eigenvalue weighted by atomic mass is 79.9. The van der Waals surface area contributed by atoms with E-state index in [2.05, 4.69) is 15.9 Å². The smallest absolute Gasteiger partial charge is 0.318 e. The second-order valence-corrected chi connectivity index (χ2v) is 6.07. The van der Waals surface area contributed by atoms with Gasteiger partial charge in [0.25, 0.3) is 0 Å². The van der Waals surface area contributed by atoms with Gasteiger partial charge < -0.3 is 4.90 Å². The van der Waals surface area contributed by atoms with Crippen LogP contribution < -0.4 is 0 Å². The molecule has 0 radical (unpaired) electrons. The Hall–Kier alpha value is -1.01. The van der Waals surface area contributed by atoms with Crippen molar-refractivity contribution < 1.29 is 9.59 Å². The Morgan fingerprint density at radius 2 is 2.17 bits per heavy atom. The molecule has 1 fully saturated rings. The molecule has 96 valence electrons. The highest BCUT2D eigenvalue weighted by Crippen LogP contribution is 2.22. The van der Waals surface area contributed by atoms with Crippen LogP contribution >= 0.6 is 27.7 Å². The minimum atomic E-state index is -0.199. The first-order valence-electron chi connectivity index (χ1n) is 5.52. The van der Waals surface area contributed by atoms with Crippen LogP contribution in [-0.4, -0.2) is 47.6 Å². The average molecular weight is 329 g/mol. The van der Waals surface area contributed by atoms with E-state index in [1.165, 1.54) is 9.80 Å². The largest absolute Gasteiger partial charge is 0.326 e. The number of carbonyl (C=O) groups is 2. The number of thioether (sulfide) groups is 1. The Labute approximate surface area is 118 Å². The van der Waals surface area contributed by atoms with Gasteiger partial charge in [-0.05, 0) is 18.2 Å². The Morgan fingerprint density at radius 3 is 2.78 bits per heavy atom. The summed E-state index contributed by atoms with van der Waals surface area (Å²) in [5.41, 5.74) is 0. The minimum absolute atomic E-state index is 0.114. The maximum Gasteiger partial charge on any atom is 0.326 e. The molecule has 4 nitrogen and oxygen atoms in total. The van der Waals surface area contributed by atoms with Gasteiger partial charge >= 0.3 is 6.03 Å². The second kappa shape index (κ2) is 5.75. The molecular weight excluding hydrogens is 316 g/mol. The summed E-state index contributed by atoms with van der Waals surface area (Å²) in [4.78, 5) is 27.0. The van der Waals surface area contributed by atoms with Crippen molar-refractivity contribution in [3.63, 3.8) is 0 Å². The van der Waals surface area contributed by atoms with Crippen molar-refractivity contribution in [3.8, 4) is 0 Å². The van der Waals surface area contributed by atoms with E-state index in [4.69, 9.17) is 0 Å². The molecule has 0 unspecified atom stereocenters. The van der Waals surface area contributed by atoms with Gasteiger partial charge in [-0.2, -0.15) is 0 Å². The third-order valence-corrected chi connectivity index (χ3v) is 4.08. The average Bonchev–Trinajstić information content (AvgIpc) is 2.56. The molecule has 1 aliphatic heterocycles. The first-order valence-corrected chi connectivity index (χ1v) is 7.29. The number of rotatable bonds is 4. The van der Waals surface area contributed by atoms with Gasteiger partial charge in [0.1, 0.15) is 6.54 Å². The van der Waals surface area contributed by atoms with Crippen LogP contribution in [0.25, 0.3) is 0 Å². The standard InChI is InChI=1S/C12H13BrN2O2S/c1-14-8-11(16)15(12(14)17)5-6-18-10-4-2-3-9(13)7-10/h2-4,7H,5-6,8H2,1H3. The van der Waals surface area contributed by atoms with Crippen molar-refractivity contribution in [1.82, 2.24) is 9.80 Å². The monoisotopic (exact) mass is 328 g/mol. The third-order valence-electron chi connectivity index (χ3n) is 2.61. The van der Waals surface area contributed by atoms with Crippen molar-refractivity contribution in [2.75, 3.05) is 25.9 Å². The Morgan fingerprint density at radius 1 is 1.39 bits per heavy atom. The summed E-state index contributed by atoms with van der Waals surface area (Å²) in [6, 6.07) is 7.76. The highest BCUT2D eigenvalue weighted by Gasteiger charge is 2.32. The normalized spacial score (nSPS) is 15.7. The molecule has 0 atom stereocenters. The summed E-state index contributed by atoms with van der Waals surface area (Å²) in [6.45, 7) is 0.652. The summed E-state index contributed by atoms with van der Waals surface area (Å²) >= 11 is 5.04. The third kappa shape index (κ3) is 3.05. The topological polar surface area (TPSA) is 40.6 Å². The number of carbonyl (C=O) groups excluding carboxylic acids is 2. The molecule has 1 aliphatic rings. The summed E-state index contributed by atoms with van der Waals surface area (Å²) in [6.07, 6.45) is 0. The van der Waals surface area contributed by atoms with Crippen LogP contribution in [-0.2, 0) is 4.79 Å². The number of likely N-dealkylation sites (N-methyl/N-ethyl adjacent to an activating group) is 1. The van der Waals surface area contributed by atoms with E-state index in [1.807, 2.05) is 24.3 Å². The fraction of sp³-hybridized carbons (Fsp3) is 0.333. The fourth-order valence-electron chi connectivity index (χ4n) is 1.70. The molecule has 0 aromatic heterocycles. The van der Waals surface area contributed by atoms with Crippen LogP contribution in [0.4, 0.5) is 4.79 Å². The summed E-state index contributed by atoms with van der Waals surface area (Å²) < 4.78 is 1.03. The molecule has 3 amide bonds. The van der Waals surface area contributed by atoms with E-state index in [-0.39, 0.29) is 18.5 Å². The van der Waals surface area contributed by atoms with E-state index in [1.54, 1.807) is 18.8 Å². The number of amides is 3. The van der Waals surface area contributed by atoms with Crippen molar-refractivity contribution >= 4 is 39.6 Å². The molecule has 2 rings (SSSR count). The summed E-state index contributed by atoms with van der Waals surface area (Å²) in [5, 5.41) is 0. The molecule has 0 bridgehead atoms. The Balaban J connectivity index is 1.86. The zero-order valence-electron chi connectivity index (χ0n) is 9.93. The molecule has 0 saturated carbocycles. The van der Waals surface area contributed by atoms with Crippen molar-refractivity contribution in [2.45, 2.75) is 4.90 Å². The van der Waals surface area contributed by atoms with Crippen molar-refractivity contribution in [3.05, 3.63) is 28.7 Å². The predicted molar refractivity (Wildman–Crippen MR) is 74.6 cm³/mol. The lowest BCUT2D eigenvalue weighted by Gasteiger charge is -2.13. The van der Waals surface area contributed by atoms with Crippen LogP contribution in [0.1, 0.15) is 0 Å². The van der Waals surface area contributed by atoms with Gasteiger partial charge in [0, 0.05) is 28.7 Å². The Bertz CT molecular complexity index is 481. The first-order chi connectivity index (χ1) is 8.58. The number of halogens is 1. The quantitative estimate of drug-likeness (QED) is 0.629. The van der Waals surface area contributed by atoms with Crippen LogP contribution in [0, 0.1) is 0 Å². The van der Waals surface area contributed by atoms with Crippen molar-refractivity contribution in [2.24, 2.45) is 0 Å². The van der Waals surface area contributed by atoms with Crippen LogP contribution in [0.15, 0.2) is 33.6 Å². The van der Waals surface area contributed by atoms with Gasteiger partial charge in [-0.15, -0.1) is 11.8 Å². The molecule has 0 N–H and O–H groups in total. The number of nitrogens with zero attached hydrogens (tertiary/aromatic N) is 2. The molecule has 1 saturated heterocycles. The van der Waals surface area contributed by atoms with Gasteiger partial charge in [0.2, 0.25) is 5.91 Å². The fourth-order valence-corrected chi connectivity index (χ4v) is 3.15. The van der Waals surface area contributed by atoms with E-state index < -0.39 is 0 Å². The second-order valence-electron chi connectivity index (χ2n) is 3.99. The number of benzene rings is 1. The maximum atomic E-state index is 11.6. The molecule has 6 heteroatoms. The van der Waals surface area contributed by atoms with E-state index in [0.717, 1.165) is 9.37 Å². The molecular formula is C12H13BrN2O2S. The van der Waals surface area contributed by atoms with Crippen molar-refractivity contribution in [1.29, 1.82) is 0 Å². The zero-order chi connectivity index (χ0) is 13.1. The zero-order valence-corrected chi connectivity index (χ0v) is 12.3. The number of imide groups is 1. The lowest BCUT2D eigenvalue weighted by Crippen LogP contribution is -2.33. The van der Waals surface area contributed by atoms with E-state index >= 15 is 0 Å². The highest BCUT2D eigenvalue weighted by molar-refractivity contribution is 9.10. The van der Waals surface area contributed by atoms with Gasteiger partial charge in [0.15, 0.2) is 0 Å². The van der Waals surface area contributed by atoms with E-state index in [9.17, 15) is 9.59 Å². The summed E-state index contributed by atoms with van der Waals surface area (Å²) in [5.74, 6) is 0.597. The first kappa shape index (κ1) is 13.4. The minimum Gasteiger partial charge on any atom is -0.318 e. The summed E-state index contributed by atoms with van der Waals surface area (Å²) in [7, 11) is 1.64. The maximum absolute atomic E-state index is 11.6. The molecule has 1 heterocycles. The molecule has 1 aromatic carbocycles. The Kier molecular flexibility index (Phi) is 4.29. The van der Waals surface area contributed by atoms with Crippen LogP contribution in [0.3, 0.4) is 0 Å². The van der Waals surface area contributed by atoms with Crippen LogP contribution in [0.2, 0.25) is 0 Å². The number of hydrogen-bond acceptors (Lipinski definition) is 3. The number of hydrogen-bond donors (Lipinski definition) is 0. The van der Waals surface area contributed by atoms with Gasteiger partial charge in [-0.3, -0.25) is 9.69 Å². The predicted octanol–water partition coefficient (Wildman–Crippen LogP) is 2.44. The lowest BCUT2D eigenvalue weighted by atomic mass is 10.4. The van der Waals surface area contributed by atoms with Gasteiger partial charge in [0.05, 0.1) is 0 Å². The molecule has 0 spiro atoms. The lowest BCUT2D eigenvalue weighted by molar-refractivity contribution is -0.125. The SMILES string of the molecule is CN1CC(=O)N(CCSc2cccc(Br)c2)C1=O. The van der Waals surface area contributed by atoms with Crippen LogP contribution in [0.5, 0.6) is 0 Å².